The summed E-state index contributed by atoms with van der Waals surface area (Å²) in [7, 11) is 0. The second-order valence-electron chi connectivity index (χ2n) is 6.16. The SMILES string of the molecule is CCCC1(C(=O)NCCC(=O)NCC(C)C)CCNC1. The first-order valence-corrected chi connectivity index (χ1v) is 7.76. The van der Waals surface area contributed by atoms with Crippen LogP contribution in [0.25, 0.3) is 0 Å². The minimum atomic E-state index is -0.261. The average Bonchev–Trinajstić information content (AvgIpc) is 2.86. The maximum atomic E-state index is 12.3. The summed E-state index contributed by atoms with van der Waals surface area (Å²) in [6.07, 6.45) is 3.16. The van der Waals surface area contributed by atoms with E-state index in [1.54, 1.807) is 0 Å². The normalized spacial score (nSPS) is 22.0. The van der Waals surface area contributed by atoms with Gasteiger partial charge in [0.25, 0.3) is 0 Å². The Labute approximate surface area is 122 Å². The highest BCUT2D eigenvalue weighted by Gasteiger charge is 2.39. The largest absolute Gasteiger partial charge is 0.356 e. The molecule has 0 aromatic rings. The molecule has 1 atom stereocenters. The molecule has 0 aromatic heterocycles. The van der Waals surface area contributed by atoms with Gasteiger partial charge in [0.2, 0.25) is 11.8 Å². The molecule has 1 unspecified atom stereocenters. The lowest BCUT2D eigenvalue weighted by Gasteiger charge is -2.26. The third-order valence-electron chi connectivity index (χ3n) is 3.80. The summed E-state index contributed by atoms with van der Waals surface area (Å²) >= 11 is 0. The molecule has 0 saturated carbocycles. The quantitative estimate of drug-likeness (QED) is 0.623. The predicted molar refractivity (Wildman–Crippen MR) is 80.3 cm³/mol. The van der Waals surface area contributed by atoms with Gasteiger partial charge in [0, 0.05) is 26.1 Å². The topological polar surface area (TPSA) is 70.2 Å². The van der Waals surface area contributed by atoms with Crippen molar-refractivity contribution in [3.05, 3.63) is 0 Å². The van der Waals surface area contributed by atoms with Crippen LogP contribution in [0.15, 0.2) is 0 Å². The van der Waals surface area contributed by atoms with Crippen molar-refractivity contribution in [1.82, 2.24) is 16.0 Å². The second kappa shape index (κ2) is 8.25. The molecule has 0 spiro atoms. The van der Waals surface area contributed by atoms with E-state index >= 15 is 0 Å². The second-order valence-corrected chi connectivity index (χ2v) is 6.16. The Hall–Kier alpha value is -1.10. The monoisotopic (exact) mass is 283 g/mol. The zero-order valence-electron chi connectivity index (χ0n) is 13.1. The molecule has 1 rings (SSSR count). The molecule has 0 aliphatic carbocycles. The van der Waals surface area contributed by atoms with Crippen LogP contribution in [0.3, 0.4) is 0 Å². The van der Waals surface area contributed by atoms with Crippen LogP contribution in [0.1, 0.15) is 46.5 Å². The van der Waals surface area contributed by atoms with Crippen LogP contribution in [0, 0.1) is 11.3 Å². The molecule has 1 saturated heterocycles. The summed E-state index contributed by atoms with van der Waals surface area (Å²) in [6.45, 7) is 9.00. The van der Waals surface area contributed by atoms with Crippen LogP contribution in [0.2, 0.25) is 0 Å². The smallest absolute Gasteiger partial charge is 0.227 e. The van der Waals surface area contributed by atoms with E-state index in [-0.39, 0.29) is 17.2 Å². The lowest BCUT2D eigenvalue weighted by molar-refractivity contribution is -0.130. The maximum Gasteiger partial charge on any atom is 0.227 e. The molecule has 5 nitrogen and oxygen atoms in total. The third kappa shape index (κ3) is 5.12. The molecule has 1 heterocycles. The number of carbonyl (C=O) groups excluding carboxylic acids is 2. The van der Waals surface area contributed by atoms with Crippen LogP contribution in [-0.4, -0.2) is 38.0 Å². The van der Waals surface area contributed by atoms with E-state index in [2.05, 4.69) is 36.7 Å². The Kier molecular flexibility index (Phi) is 6.99. The minimum Gasteiger partial charge on any atom is -0.356 e. The molecular weight excluding hydrogens is 254 g/mol. The van der Waals surface area contributed by atoms with Gasteiger partial charge in [0.1, 0.15) is 0 Å². The van der Waals surface area contributed by atoms with Crippen molar-refractivity contribution >= 4 is 11.8 Å². The van der Waals surface area contributed by atoms with E-state index < -0.39 is 0 Å². The minimum absolute atomic E-state index is 0.00749. The van der Waals surface area contributed by atoms with Gasteiger partial charge in [-0.3, -0.25) is 9.59 Å². The van der Waals surface area contributed by atoms with Crippen molar-refractivity contribution in [2.24, 2.45) is 11.3 Å². The molecular formula is C15H29N3O2. The lowest BCUT2D eigenvalue weighted by atomic mass is 9.81. The molecule has 3 N–H and O–H groups in total. The summed E-state index contributed by atoms with van der Waals surface area (Å²) in [5, 5.41) is 9.06. The van der Waals surface area contributed by atoms with E-state index in [1.807, 2.05) is 0 Å². The maximum absolute atomic E-state index is 12.3. The van der Waals surface area contributed by atoms with Crippen molar-refractivity contribution in [2.75, 3.05) is 26.2 Å². The number of rotatable bonds is 8. The summed E-state index contributed by atoms with van der Waals surface area (Å²) in [5.41, 5.74) is -0.261. The summed E-state index contributed by atoms with van der Waals surface area (Å²) < 4.78 is 0. The van der Waals surface area contributed by atoms with Gasteiger partial charge in [-0.25, -0.2) is 0 Å². The summed E-state index contributed by atoms with van der Waals surface area (Å²) in [6, 6.07) is 0. The highest BCUT2D eigenvalue weighted by atomic mass is 16.2. The highest BCUT2D eigenvalue weighted by molar-refractivity contribution is 5.84. The molecule has 2 amide bonds. The first kappa shape index (κ1) is 17.0. The Bertz CT molecular complexity index is 323. The van der Waals surface area contributed by atoms with Crippen LogP contribution in [-0.2, 0) is 9.59 Å². The lowest BCUT2D eigenvalue weighted by Crippen LogP contribution is -2.43. The summed E-state index contributed by atoms with van der Waals surface area (Å²) in [5.74, 6) is 0.556. The van der Waals surface area contributed by atoms with E-state index in [9.17, 15) is 9.59 Å². The van der Waals surface area contributed by atoms with Crippen molar-refractivity contribution in [3.8, 4) is 0 Å². The van der Waals surface area contributed by atoms with Gasteiger partial charge in [0.15, 0.2) is 0 Å². The van der Waals surface area contributed by atoms with Crippen LogP contribution >= 0.6 is 0 Å². The molecule has 1 aliphatic rings. The Morgan fingerprint density at radius 3 is 2.60 bits per heavy atom. The van der Waals surface area contributed by atoms with Gasteiger partial charge < -0.3 is 16.0 Å². The number of hydrogen-bond acceptors (Lipinski definition) is 3. The van der Waals surface area contributed by atoms with Crippen LogP contribution < -0.4 is 16.0 Å². The van der Waals surface area contributed by atoms with E-state index in [0.717, 1.165) is 32.4 Å². The van der Waals surface area contributed by atoms with E-state index in [1.165, 1.54) is 0 Å². The number of carbonyl (C=O) groups is 2. The van der Waals surface area contributed by atoms with Gasteiger partial charge in [-0.1, -0.05) is 27.2 Å². The van der Waals surface area contributed by atoms with E-state index in [0.29, 0.717) is 25.4 Å². The van der Waals surface area contributed by atoms with E-state index in [4.69, 9.17) is 0 Å². The molecule has 5 heteroatoms. The van der Waals surface area contributed by atoms with Crippen molar-refractivity contribution in [1.29, 1.82) is 0 Å². The van der Waals surface area contributed by atoms with Crippen LogP contribution in [0.5, 0.6) is 0 Å². The van der Waals surface area contributed by atoms with Gasteiger partial charge in [-0.2, -0.15) is 0 Å². The fourth-order valence-corrected chi connectivity index (χ4v) is 2.63. The number of hydrogen-bond donors (Lipinski definition) is 3. The number of nitrogens with one attached hydrogen (secondary N) is 3. The van der Waals surface area contributed by atoms with Gasteiger partial charge in [0.05, 0.1) is 5.41 Å². The van der Waals surface area contributed by atoms with Crippen molar-refractivity contribution in [3.63, 3.8) is 0 Å². The Morgan fingerprint density at radius 1 is 1.30 bits per heavy atom. The third-order valence-corrected chi connectivity index (χ3v) is 3.80. The van der Waals surface area contributed by atoms with Crippen LogP contribution in [0.4, 0.5) is 0 Å². The molecule has 0 bridgehead atoms. The molecule has 1 fully saturated rings. The zero-order valence-corrected chi connectivity index (χ0v) is 13.1. The molecule has 116 valence electrons. The molecule has 0 radical (unpaired) electrons. The molecule has 20 heavy (non-hydrogen) atoms. The standard InChI is InChI=1S/C15H29N3O2/c1-4-6-15(7-9-16-11-15)14(20)17-8-5-13(19)18-10-12(2)3/h12,16H,4-11H2,1-3H3,(H,17,20)(H,18,19). The highest BCUT2D eigenvalue weighted by Crippen LogP contribution is 2.31. The Balaban J connectivity index is 2.29. The predicted octanol–water partition coefficient (Wildman–Crippen LogP) is 1.04. The van der Waals surface area contributed by atoms with Gasteiger partial charge in [-0.05, 0) is 25.3 Å². The fraction of sp³-hybridized carbons (Fsp3) is 0.867. The average molecular weight is 283 g/mol. The fourth-order valence-electron chi connectivity index (χ4n) is 2.63. The van der Waals surface area contributed by atoms with Gasteiger partial charge in [-0.15, -0.1) is 0 Å². The van der Waals surface area contributed by atoms with Crippen molar-refractivity contribution < 1.29 is 9.59 Å². The molecule has 1 aliphatic heterocycles. The first-order chi connectivity index (χ1) is 9.50. The van der Waals surface area contributed by atoms with Crippen molar-refractivity contribution in [2.45, 2.75) is 46.5 Å². The zero-order chi connectivity index (χ0) is 15.0. The number of amides is 2. The summed E-state index contributed by atoms with van der Waals surface area (Å²) in [4.78, 5) is 23.9. The Morgan fingerprint density at radius 2 is 2.05 bits per heavy atom. The molecule has 0 aromatic carbocycles. The first-order valence-electron chi connectivity index (χ1n) is 7.76. The van der Waals surface area contributed by atoms with Gasteiger partial charge >= 0.3 is 0 Å².